The van der Waals surface area contributed by atoms with E-state index >= 15 is 0 Å². The van der Waals surface area contributed by atoms with Crippen LogP contribution in [0.1, 0.15) is 40.2 Å². The number of rotatable bonds is 11. The number of nitrogens with zero attached hydrogens (tertiary/aromatic N) is 3. The first-order valence-electron chi connectivity index (χ1n) is 14.7. The van der Waals surface area contributed by atoms with Crippen LogP contribution in [-0.2, 0) is 15.9 Å². The lowest BCUT2D eigenvalue weighted by molar-refractivity contribution is -0.262. The zero-order valence-corrected chi connectivity index (χ0v) is 28.4. The van der Waals surface area contributed by atoms with E-state index in [0.717, 1.165) is 54.9 Å². The third-order valence-corrected chi connectivity index (χ3v) is 8.63. The lowest BCUT2D eigenvalue weighted by Gasteiger charge is -2.20. The van der Waals surface area contributed by atoms with Gasteiger partial charge in [0.2, 0.25) is 0 Å². The molecule has 0 bridgehead atoms. The highest BCUT2D eigenvalue weighted by atomic mass is 32.2. The Bertz CT molecular complexity index is 1610. The van der Waals surface area contributed by atoms with Crippen molar-refractivity contribution in [2.45, 2.75) is 57.6 Å². The normalized spacial score (nSPS) is 13.5. The largest absolute Gasteiger partial charge is 0.360 e. The van der Waals surface area contributed by atoms with Gasteiger partial charge in [-0.3, -0.25) is 4.90 Å². The third-order valence-electron chi connectivity index (χ3n) is 6.67. The molecule has 2 heterocycles. The Labute approximate surface area is 278 Å². The summed E-state index contributed by atoms with van der Waals surface area (Å²) in [5.74, 6) is 0. The molecule has 9 nitrogen and oxygen atoms in total. The molecule has 0 unspecified atom stereocenters. The maximum atomic E-state index is 13.4. The Hall–Kier alpha value is -3.52. The summed E-state index contributed by atoms with van der Waals surface area (Å²) < 4.78 is 5.52. The van der Waals surface area contributed by atoms with Crippen LogP contribution in [-0.4, -0.2) is 45.7 Å². The van der Waals surface area contributed by atoms with Crippen LogP contribution in [0.2, 0.25) is 0 Å². The molecule has 0 radical (unpaired) electrons. The van der Waals surface area contributed by atoms with Crippen LogP contribution < -0.4 is 21.0 Å². The molecule has 1 saturated heterocycles. The number of thiocarbonyl (C=S) groups is 1. The number of thiazole rings is 1. The quantitative estimate of drug-likeness (QED) is 0.0488. The van der Waals surface area contributed by atoms with Crippen molar-refractivity contribution in [3.63, 3.8) is 0 Å². The van der Waals surface area contributed by atoms with Crippen molar-refractivity contribution in [1.29, 1.82) is 0 Å². The van der Waals surface area contributed by atoms with E-state index in [2.05, 4.69) is 16.1 Å². The number of aromatic nitrogens is 1. The fraction of sp³-hybridized carbons (Fsp3) is 0.303. The van der Waals surface area contributed by atoms with Crippen LogP contribution in [0, 0.1) is 0 Å². The highest BCUT2D eigenvalue weighted by Gasteiger charge is 2.30. The molecule has 5 rings (SSSR count). The summed E-state index contributed by atoms with van der Waals surface area (Å²) >= 11 is 8.04. The average Bonchev–Trinajstić information content (AvgIpc) is 3.62. The number of hydrogen-bond acceptors (Lipinski definition) is 8. The maximum Gasteiger partial charge on any atom is 0.324 e. The van der Waals surface area contributed by atoms with E-state index in [0.29, 0.717) is 24.7 Å². The minimum atomic E-state index is -0.289. The maximum absolute atomic E-state index is 13.4. The number of amides is 2. The summed E-state index contributed by atoms with van der Waals surface area (Å²) in [6, 6.07) is 24.3. The molecular weight excluding hydrogens is 625 g/mol. The molecule has 236 valence electrons. The van der Waals surface area contributed by atoms with Gasteiger partial charge in [-0.25, -0.2) is 9.78 Å². The van der Waals surface area contributed by atoms with Crippen LogP contribution >= 0.6 is 35.6 Å². The molecule has 2 amide bonds. The topological polar surface area (TPSA) is 91.0 Å². The highest BCUT2D eigenvalue weighted by molar-refractivity contribution is 7.94. The van der Waals surface area contributed by atoms with Gasteiger partial charge in [0.05, 0.1) is 16.9 Å². The van der Waals surface area contributed by atoms with Crippen molar-refractivity contribution < 1.29 is 14.1 Å². The van der Waals surface area contributed by atoms with E-state index < -0.39 is 0 Å². The van der Waals surface area contributed by atoms with Gasteiger partial charge in [-0.05, 0) is 88.8 Å². The molecule has 1 aliphatic heterocycles. The van der Waals surface area contributed by atoms with E-state index in [1.165, 1.54) is 0 Å². The standard InChI is InChI=1S/C33H38N6O3S3/c1-22(2)35-31(43)36-25-13-11-24(12-14-25)30-34-20-29(44-30)27-16-15-26(19-28(27)45-42-41-37-33(3,4)5)39-18-17-38(32(39)40)21-23-9-7-6-8-10-23/h6-16,19-20,22,37H,17-18,21H2,1-5H3,(H2,35,36,43). The number of hydroxylamine groups is 1. The lowest BCUT2D eigenvalue weighted by Crippen LogP contribution is -2.35. The van der Waals surface area contributed by atoms with E-state index in [1.807, 2.05) is 119 Å². The van der Waals surface area contributed by atoms with Crippen molar-refractivity contribution in [1.82, 2.24) is 20.7 Å². The van der Waals surface area contributed by atoms with Crippen LogP contribution in [0.15, 0.2) is 83.9 Å². The molecule has 1 aromatic heterocycles. The SMILES string of the molecule is CC(C)NC(=S)Nc1ccc(-c2ncc(-c3ccc(N4CCN(Cc5ccccc5)C4=O)cc3SOONC(C)(C)C)s2)cc1. The molecule has 0 saturated carbocycles. The van der Waals surface area contributed by atoms with Crippen molar-refractivity contribution in [3.05, 3.63) is 84.6 Å². The van der Waals surface area contributed by atoms with Gasteiger partial charge < -0.3 is 15.5 Å². The molecule has 4 aromatic rings. The molecule has 3 aromatic carbocycles. The predicted molar refractivity (Wildman–Crippen MR) is 188 cm³/mol. The van der Waals surface area contributed by atoms with Gasteiger partial charge in [-0.2, -0.15) is 5.48 Å². The summed E-state index contributed by atoms with van der Waals surface area (Å²) in [6.07, 6.45) is 1.86. The van der Waals surface area contributed by atoms with E-state index in [9.17, 15) is 4.79 Å². The first kappa shape index (κ1) is 32.9. The van der Waals surface area contributed by atoms with Crippen LogP contribution in [0.4, 0.5) is 16.2 Å². The third kappa shape index (κ3) is 9.03. The number of nitrogens with one attached hydrogen (secondary N) is 3. The van der Waals surface area contributed by atoms with Gasteiger partial charge in [0.1, 0.15) is 5.01 Å². The Morgan fingerprint density at radius 3 is 2.53 bits per heavy atom. The zero-order valence-electron chi connectivity index (χ0n) is 26.0. The Morgan fingerprint density at radius 2 is 1.82 bits per heavy atom. The number of carbonyl (C=O) groups excluding carboxylic acids is 1. The number of hydrogen-bond donors (Lipinski definition) is 3. The second kappa shape index (κ2) is 14.7. The fourth-order valence-electron chi connectivity index (χ4n) is 4.58. The lowest BCUT2D eigenvalue weighted by atomic mass is 10.1. The van der Waals surface area contributed by atoms with Gasteiger partial charge in [0.25, 0.3) is 0 Å². The number of carbonyl (C=O) groups is 1. The van der Waals surface area contributed by atoms with Crippen LogP contribution in [0.3, 0.4) is 0 Å². The van der Waals surface area contributed by atoms with Gasteiger partial charge >= 0.3 is 6.03 Å². The Balaban J connectivity index is 1.34. The van der Waals surface area contributed by atoms with Gasteiger partial charge in [-0.15, -0.1) is 20.7 Å². The van der Waals surface area contributed by atoms with Crippen molar-refractivity contribution in [2.24, 2.45) is 0 Å². The second-order valence-corrected chi connectivity index (χ2v) is 14.2. The van der Waals surface area contributed by atoms with Crippen LogP contribution in [0.25, 0.3) is 21.0 Å². The Kier molecular flexibility index (Phi) is 10.7. The Morgan fingerprint density at radius 1 is 1.07 bits per heavy atom. The van der Waals surface area contributed by atoms with Crippen molar-refractivity contribution >= 4 is 58.1 Å². The molecule has 45 heavy (non-hydrogen) atoms. The molecule has 3 N–H and O–H groups in total. The summed E-state index contributed by atoms with van der Waals surface area (Å²) in [6.45, 7) is 11.9. The monoisotopic (exact) mass is 662 g/mol. The zero-order chi connectivity index (χ0) is 32.0. The van der Waals surface area contributed by atoms with E-state index in [4.69, 9.17) is 26.5 Å². The first-order valence-corrected chi connectivity index (χ1v) is 16.7. The highest BCUT2D eigenvalue weighted by Crippen LogP contribution is 2.40. The number of anilines is 2. The molecule has 1 aliphatic rings. The smallest absolute Gasteiger partial charge is 0.324 e. The molecule has 0 atom stereocenters. The number of benzene rings is 3. The summed E-state index contributed by atoms with van der Waals surface area (Å²) in [5, 5.41) is 7.87. The van der Waals surface area contributed by atoms with E-state index in [1.54, 1.807) is 16.2 Å². The van der Waals surface area contributed by atoms with Gasteiger partial charge in [0, 0.05) is 64.8 Å². The second-order valence-electron chi connectivity index (χ2n) is 12.0. The van der Waals surface area contributed by atoms with Crippen LogP contribution in [0.5, 0.6) is 0 Å². The van der Waals surface area contributed by atoms with Gasteiger partial charge in [-0.1, -0.05) is 36.4 Å². The minimum Gasteiger partial charge on any atom is -0.360 e. The van der Waals surface area contributed by atoms with Crippen molar-refractivity contribution in [2.75, 3.05) is 23.3 Å². The van der Waals surface area contributed by atoms with E-state index in [-0.39, 0.29) is 17.6 Å². The average molecular weight is 663 g/mol. The fourth-order valence-corrected chi connectivity index (χ4v) is 6.53. The molecule has 1 fully saturated rings. The summed E-state index contributed by atoms with van der Waals surface area (Å²) in [4.78, 5) is 28.8. The summed E-state index contributed by atoms with van der Waals surface area (Å²) in [7, 11) is 0. The molecule has 12 heteroatoms. The van der Waals surface area contributed by atoms with Gasteiger partial charge in [0.15, 0.2) is 5.11 Å². The van der Waals surface area contributed by atoms with Crippen molar-refractivity contribution in [3.8, 4) is 21.0 Å². The predicted octanol–water partition coefficient (Wildman–Crippen LogP) is 7.87. The molecule has 0 spiro atoms. The first-order chi connectivity index (χ1) is 21.6. The molecule has 0 aliphatic carbocycles. The summed E-state index contributed by atoms with van der Waals surface area (Å²) in [5.41, 5.74) is 7.32. The molecular formula is C33H38N6O3S3. The minimum absolute atomic E-state index is 0.0205. The number of urea groups is 1.